The highest BCUT2D eigenvalue weighted by atomic mass is 16.6. The fourth-order valence-corrected chi connectivity index (χ4v) is 5.57. The number of para-hydroxylation sites is 4. The highest BCUT2D eigenvalue weighted by Crippen LogP contribution is 2.32. The van der Waals surface area contributed by atoms with Crippen molar-refractivity contribution in [3.63, 3.8) is 0 Å². The van der Waals surface area contributed by atoms with E-state index < -0.39 is 11.9 Å². The van der Waals surface area contributed by atoms with Crippen LogP contribution in [0.5, 0.6) is 23.0 Å². The van der Waals surface area contributed by atoms with Gasteiger partial charge in [-0.25, -0.2) is 9.59 Å². The lowest BCUT2D eigenvalue weighted by molar-refractivity contribution is -0.159. The second-order valence-electron chi connectivity index (χ2n) is 12.6. The molecule has 0 spiro atoms. The Bertz CT molecular complexity index is 1340. The van der Waals surface area contributed by atoms with Crippen molar-refractivity contribution >= 4 is 23.8 Å². The SMILES string of the molecule is CC(NC(=O)CCN1CCOCC1)C1COc2ccccc2O1.CC(NC(=O)CCN1CCOCC1)C1COc2ccccc2O1.O=C(O)C(=O)O. The fraction of sp³-hybridized carbons (Fsp3) is 0.556. The lowest BCUT2D eigenvalue weighted by atomic mass is 10.1. The Kier molecular flexibility index (Phi) is 16.2. The van der Waals surface area contributed by atoms with E-state index in [1.165, 1.54) is 0 Å². The van der Waals surface area contributed by atoms with E-state index in [0.29, 0.717) is 26.1 Å². The van der Waals surface area contributed by atoms with Crippen molar-refractivity contribution in [2.24, 2.45) is 0 Å². The van der Waals surface area contributed by atoms with Gasteiger partial charge in [-0.05, 0) is 38.1 Å². The van der Waals surface area contributed by atoms with Crippen LogP contribution in [0.2, 0.25) is 0 Å². The standard InChI is InChI=1S/2C17H24N2O4.C2H2O4/c2*1-13(16-12-22-14-4-2-3-5-15(14)23-16)18-17(20)6-7-19-8-10-21-11-9-19;3-1(4)2(5)6/h2*2-5,13,16H,6-12H2,1H3,(H,18,20);(H,3,4)(H,5,6). The minimum Gasteiger partial charge on any atom is -0.486 e. The van der Waals surface area contributed by atoms with Crippen LogP contribution in [0.3, 0.4) is 0 Å². The molecule has 0 saturated carbocycles. The zero-order valence-electron chi connectivity index (χ0n) is 29.7. The largest absolute Gasteiger partial charge is 0.486 e. The van der Waals surface area contributed by atoms with Gasteiger partial charge in [0.05, 0.1) is 38.5 Å². The van der Waals surface area contributed by atoms with Gasteiger partial charge in [-0.15, -0.1) is 0 Å². The van der Waals surface area contributed by atoms with Gasteiger partial charge < -0.3 is 49.3 Å². The van der Waals surface area contributed by atoms with Gasteiger partial charge in [0.15, 0.2) is 35.2 Å². The molecule has 286 valence electrons. The Morgan fingerprint density at radius 3 is 1.33 bits per heavy atom. The summed E-state index contributed by atoms with van der Waals surface area (Å²) in [5.74, 6) is -0.566. The minimum atomic E-state index is -1.82. The Labute approximate surface area is 303 Å². The molecule has 16 heteroatoms. The van der Waals surface area contributed by atoms with Crippen LogP contribution in [0.15, 0.2) is 48.5 Å². The summed E-state index contributed by atoms with van der Waals surface area (Å²) in [6, 6.07) is 15.0. The molecule has 4 atom stereocenters. The summed E-state index contributed by atoms with van der Waals surface area (Å²) >= 11 is 0. The quantitative estimate of drug-likeness (QED) is 0.255. The number of benzene rings is 2. The number of rotatable bonds is 10. The maximum absolute atomic E-state index is 12.1. The third-order valence-corrected chi connectivity index (χ3v) is 8.65. The maximum Gasteiger partial charge on any atom is 0.414 e. The number of fused-ring (bicyclic) bond motifs is 2. The Morgan fingerprint density at radius 2 is 0.981 bits per heavy atom. The number of morpholine rings is 2. The number of hydrogen-bond acceptors (Lipinski definition) is 12. The van der Waals surface area contributed by atoms with Gasteiger partial charge in [0.2, 0.25) is 11.8 Å². The molecule has 4 heterocycles. The number of carboxylic acids is 2. The molecule has 0 radical (unpaired) electrons. The number of aliphatic carboxylic acids is 2. The van der Waals surface area contributed by atoms with Crippen LogP contribution < -0.4 is 29.6 Å². The number of carbonyl (C=O) groups excluding carboxylic acids is 2. The summed E-state index contributed by atoms with van der Waals surface area (Å²) in [7, 11) is 0. The summed E-state index contributed by atoms with van der Waals surface area (Å²) in [6.07, 6.45) is 0.651. The van der Waals surface area contributed by atoms with Crippen molar-refractivity contribution in [3.05, 3.63) is 48.5 Å². The monoisotopic (exact) mass is 730 g/mol. The molecule has 4 unspecified atom stereocenters. The third kappa shape index (κ3) is 13.5. The first-order chi connectivity index (χ1) is 25.1. The zero-order valence-corrected chi connectivity index (χ0v) is 29.7. The van der Waals surface area contributed by atoms with Crippen molar-refractivity contribution in [2.45, 2.75) is 51.0 Å². The van der Waals surface area contributed by atoms with Crippen molar-refractivity contribution < 1.29 is 57.8 Å². The first kappa shape index (κ1) is 40.1. The summed E-state index contributed by atoms with van der Waals surface area (Å²) in [5, 5.41) is 20.8. The number of carboxylic acid groups (broad SMARTS) is 2. The maximum atomic E-state index is 12.1. The molecular weight excluding hydrogens is 680 g/mol. The summed E-state index contributed by atoms with van der Waals surface area (Å²) in [6.45, 7) is 13.0. The average molecular weight is 731 g/mol. The number of hydrogen-bond donors (Lipinski definition) is 4. The van der Waals surface area contributed by atoms with Crippen LogP contribution in [-0.2, 0) is 28.7 Å². The minimum absolute atomic E-state index is 0.0476. The Hall–Kier alpha value is -4.64. The second-order valence-corrected chi connectivity index (χ2v) is 12.6. The van der Waals surface area contributed by atoms with Crippen LogP contribution >= 0.6 is 0 Å². The van der Waals surface area contributed by atoms with Gasteiger partial charge >= 0.3 is 11.9 Å². The number of nitrogens with zero attached hydrogens (tertiary/aromatic N) is 2. The molecule has 2 saturated heterocycles. The van der Waals surface area contributed by atoms with E-state index >= 15 is 0 Å². The molecule has 0 aromatic heterocycles. The molecular formula is C36H50N4O12. The van der Waals surface area contributed by atoms with Crippen LogP contribution in [-0.4, -0.2) is 147 Å². The molecule has 4 N–H and O–H groups in total. The average Bonchev–Trinajstić information content (AvgIpc) is 3.17. The molecule has 2 aromatic rings. The van der Waals surface area contributed by atoms with E-state index in [2.05, 4.69) is 20.4 Å². The Morgan fingerprint density at radius 1 is 0.635 bits per heavy atom. The van der Waals surface area contributed by atoms with Gasteiger partial charge in [-0.3, -0.25) is 19.4 Å². The summed E-state index contributed by atoms with van der Waals surface area (Å²) in [4.78, 5) is 46.9. The molecule has 2 aromatic carbocycles. The predicted octanol–water partition coefficient (Wildman–Crippen LogP) is 1.26. The van der Waals surface area contributed by atoms with E-state index in [4.69, 9.17) is 48.2 Å². The van der Waals surface area contributed by atoms with Crippen LogP contribution in [0, 0.1) is 0 Å². The Balaban J connectivity index is 0.000000202. The van der Waals surface area contributed by atoms with Crippen LogP contribution in [0.1, 0.15) is 26.7 Å². The van der Waals surface area contributed by atoms with Crippen molar-refractivity contribution in [2.75, 3.05) is 78.9 Å². The van der Waals surface area contributed by atoms with Gasteiger partial charge in [0.1, 0.15) is 13.2 Å². The molecule has 4 aliphatic rings. The zero-order chi connectivity index (χ0) is 37.3. The van der Waals surface area contributed by atoms with E-state index in [9.17, 15) is 9.59 Å². The normalized spacial score (nSPS) is 20.7. The first-order valence-corrected chi connectivity index (χ1v) is 17.5. The van der Waals surface area contributed by atoms with Crippen molar-refractivity contribution in [3.8, 4) is 23.0 Å². The van der Waals surface area contributed by atoms with Crippen molar-refractivity contribution in [1.82, 2.24) is 20.4 Å². The molecule has 16 nitrogen and oxygen atoms in total. The van der Waals surface area contributed by atoms with Gasteiger partial charge in [0, 0.05) is 52.1 Å². The van der Waals surface area contributed by atoms with Gasteiger partial charge in [0.25, 0.3) is 0 Å². The lowest BCUT2D eigenvalue weighted by Gasteiger charge is -2.31. The third-order valence-electron chi connectivity index (χ3n) is 8.65. The van der Waals surface area contributed by atoms with Crippen LogP contribution in [0.4, 0.5) is 0 Å². The fourth-order valence-electron chi connectivity index (χ4n) is 5.57. The lowest BCUT2D eigenvalue weighted by Crippen LogP contribution is -2.48. The first-order valence-electron chi connectivity index (χ1n) is 17.5. The molecule has 0 aliphatic carbocycles. The molecule has 0 bridgehead atoms. The molecule has 4 aliphatic heterocycles. The van der Waals surface area contributed by atoms with Gasteiger partial charge in [-0.1, -0.05) is 24.3 Å². The smallest absolute Gasteiger partial charge is 0.414 e. The number of nitrogens with one attached hydrogen (secondary N) is 2. The highest BCUT2D eigenvalue weighted by Gasteiger charge is 2.28. The molecule has 2 fully saturated rings. The van der Waals surface area contributed by atoms with Crippen LogP contribution in [0.25, 0.3) is 0 Å². The number of ether oxygens (including phenoxy) is 6. The summed E-state index contributed by atoms with van der Waals surface area (Å²) in [5.41, 5.74) is 0. The van der Waals surface area contributed by atoms with Gasteiger partial charge in [-0.2, -0.15) is 0 Å². The topological polar surface area (TPSA) is 195 Å². The molecule has 2 amide bonds. The van der Waals surface area contributed by atoms with E-state index in [0.717, 1.165) is 88.7 Å². The van der Waals surface area contributed by atoms with E-state index in [1.807, 2.05) is 62.4 Å². The summed E-state index contributed by atoms with van der Waals surface area (Å²) < 4.78 is 33.8. The van der Waals surface area contributed by atoms with E-state index in [-0.39, 0.29) is 36.1 Å². The predicted molar refractivity (Wildman–Crippen MR) is 187 cm³/mol. The molecule has 52 heavy (non-hydrogen) atoms. The second kappa shape index (κ2) is 21.0. The number of amides is 2. The van der Waals surface area contributed by atoms with Crippen molar-refractivity contribution in [1.29, 1.82) is 0 Å². The molecule has 6 rings (SSSR count). The highest BCUT2D eigenvalue weighted by molar-refractivity contribution is 6.27. The van der Waals surface area contributed by atoms with E-state index in [1.54, 1.807) is 0 Å². The number of carbonyl (C=O) groups is 4.